The fraction of sp³-hybridized carbons (Fsp3) is 0.0500. The maximum Gasteiger partial charge on any atom is 0.262 e. The number of nitrogens with one attached hydrogen (secondary N) is 2. The van der Waals surface area contributed by atoms with E-state index in [0.29, 0.717) is 10.7 Å². The molecule has 0 heterocycles. The number of rotatable bonds is 7. The average Bonchev–Trinajstić information content (AvgIpc) is 2.68. The van der Waals surface area contributed by atoms with E-state index < -0.39 is 28.4 Å². The molecule has 3 rings (SSSR count). The molecule has 0 aromatic heterocycles. The van der Waals surface area contributed by atoms with Crippen LogP contribution in [0.2, 0.25) is 10.0 Å². The predicted molar refractivity (Wildman–Crippen MR) is 114 cm³/mol. The molecule has 156 valence electrons. The summed E-state index contributed by atoms with van der Waals surface area (Å²) in [5.41, 5.74) is 0.620. The van der Waals surface area contributed by atoms with Crippen LogP contribution in [-0.2, 0) is 14.8 Å². The SMILES string of the molecule is O=C(COc1ccc(S(=O)(=O)Nc2ccc(Cl)cc2)cc1Cl)Nc1cccc(F)c1. The number of sulfonamides is 1. The molecule has 6 nitrogen and oxygen atoms in total. The van der Waals surface area contributed by atoms with Gasteiger partial charge in [0.15, 0.2) is 6.61 Å². The Morgan fingerprint density at radius 3 is 2.37 bits per heavy atom. The summed E-state index contributed by atoms with van der Waals surface area (Å²) in [5.74, 6) is -0.893. The van der Waals surface area contributed by atoms with Gasteiger partial charge in [-0.3, -0.25) is 9.52 Å². The Morgan fingerprint density at radius 2 is 1.70 bits per heavy atom. The van der Waals surface area contributed by atoms with Crippen LogP contribution in [-0.4, -0.2) is 20.9 Å². The number of benzene rings is 3. The number of hydrogen-bond acceptors (Lipinski definition) is 4. The van der Waals surface area contributed by atoms with Crippen molar-refractivity contribution in [2.45, 2.75) is 4.90 Å². The molecule has 3 aromatic rings. The molecule has 0 aliphatic rings. The molecular formula is C20H15Cl2FN2O4S. The van der Waals surface area contributed by atoms with Crippen molar-refractivity contribution >= 4 is 50.5 Å². The maximum absolute atomic E-state index is 13.2. The molecular weight excluding hydrogens is 454 g/mol. The van der Waals surface area contributed by atoms with E-state index in [1.54, 1.807) is 12.1 Å². The van der Waals surface area contributed by atoms with Gasteiger partial charge in [0.05, 0.1) is 9.92 Å². The summed E-state index contributed by atoms with van der Waals surface area (Å²) < 4.78 is 45.9. The summed E-state index contributed by atoms with van der Waals surface area (Å²) in [7, 11) is -3.89. The van der Waals surface area contributed by atoms with Crippen molar-refractivity contribution in [3.63, 3.8) is 0 Å². The summed E-state index contributed by atoms with van der Waals surface area (Å²) in [6, 6.07) is 15.4. The highest BCUT2D eigenvalue weighted by Gasteiger charge is 2.17. The first-order valence-corrected chi connectivity index (χ1v) is 10.7. The molecule has 1 amide bonds. The van der Waals surface area contributed by atoms with Gasteiger partial charge in [-0.25, -0.2) is 12.8 Å². The lowest BCUT2D eigenvalue weighted by molar-refractivity contribution is -0.118. The van der Waals surface area contributed by atoms with E-state index in [2.05, 4.69) is 10.0 Å². The quantitative estimate of drug-likeness (QED) is 0.513. The first kappa shape index (κ1) is 21.9. The van der Waals surface area contributed by atoms with Gasteiger partial charge in [-0.05, 0) is 60.7 Å². The van der Waals surface area contributed by atoms with Crippen LogP contribution in [0.25, 0.3) is 0 Å². The molecule has 0 saturated heterocycles. The first-order chi connectivity index (χ1) is 14.2. The minimum atomic E-state index is -3.89. The number of carbonyl (C=O) groups is 1. The standard InChI is InChI=1S/C20H15Cl2FN2O4S/c21-13-4-6-15(7-5-13)25-30(27,28)17-8-9-19(18(22)11-17)29-12-20(26)24-16-3-1-2-14(23)10-16/h1-11,25H,12H2,(H,24,26). The van der Waals surface area contributed by atoms with Crippen LogP contribution in [0.3, 0.4) is 0 Å². The van der Waals surface area contributed by atoms with Gasteiger partial charge >= 0.3 is 0 Å². The Morgan fingerprint density at radius 1 is 0.967 bits per heavy atom. The summed E-state index contributed by atoms with van der Waals surface area (Å²) in [6.07, 6.45) is 0. The molecule has 0 unspecified atom stereocenters. The average molecular weight is 469 g/mol. The van der Waals surface area contributed by atoms with Crippen molar-refractivity contribution in [2.24, 2.45) is 0 Å². The van der Waals surface area contributed by atoms with Crippen LogP contribution in [0.15, 0.2) is 71.6 Å². The van der Waals surface area contributed by atoms with E-state index in [4.69, 9.17) is 27.9 Å². The number of halogens is 3. The smallest absolute Gasteiger partial charge is 0.262 e. The lowest BCUT2D eigenvalue weighted by Gasteiger charge is -2.12. The first-order valence-electron chi connectivity index (χ1n) is 8.49. The highest BCUT2D eigenvalue weighted by molar-refractivity contribution is 7.92. The van der Waals surface area contributed by atoms with Gasteiger partial charge in [-0.1, -0.05) is 29.3 Å². The molecule has 0 atom stereocenters. The Hall–Kier alpha value is -2.81. The predicted octanol–water partition coefficient (Wildman–Crippen LogP) is 4.95. The molecule has 0 radical (unpaired) electrons. The van der Waals surface area contributed by atoms with Crippen molar-refractivity contribution in [1.82, 2.24) is 0 Å². The molecule has 0 spiro atoms. The fourth-order valence-corrected chi connectivity index (χ4v) is 3.91. The third-order valence-corrected chi connectivity index (χ3v) is 5.70. The Bertz CT molecular complexity index is 1170. The lowest BCUT2D eigenvalue weighted by atomic mass is 10.3. The number of anilines is 2. The van der Waals surface area contributed by atoms with E-state index in [-0.39, 0.29) is 21.4 Å². The van der Waals surface area contributed by atoms with E-state index in [0.717, 1.165) is 6.07 Å². The van der Waals surface area contributed by atoms with E-state index in [1.807, 2.05) is 0 Å². The summed E-state index contributed by atoms with van der Waals surface area (Å²) in [6.45, 7) is -0.397. The van der Waals surface area contributed by atoms with Crippen LogP contribution in [0, 0.1) is 5.82 Å². The van der Waals surface area contributed by atoms with Crippen molar-refractivity contribution in [2.75, 3.05) is 16.6 Å². The molecule has 10 heteroatoms. The van der Waals surface area contributed by atoms with E-state index >= 15 is 0 Å². The molecule has 30 heavy (non-hydrogen) atoms. The second kappa shape index (κ2) is 9.34. The zero-order valence-electron chi connectivity index (χ0n) is 15.2. The number of hydrogen-bond donors (Lipinski definition) is 2. The van der Waals surface area contributed by atoms with Crippen molar-refractivity contribution in [3.05, 3.63) is 82.6 Å². The Balaban J connectivity index is 1.64. The maximum atomic E-state index is 13.2. The minimum absolute atomic E-state index is 0.00698. The van der Waals surface area contributed by atoms with Crippen molar-refractivity contribution in [3.8, 4) is 5.75 Å². The number of amides is 1. The Kier molecular flexibility index (Phi) is 6.81. The van der Waals surface area contributed by atoms with Gasteiger partial charge < -0.3 is 10.1 Å². The second-order valence-electron chi connectivity index (χ2n) is 6.05. The normalized spacial score (nSPS) is 11.0. The summed E-state index contributed by atoms with van der Waals surface area (Å²) in [5, 5.41) is 2.96. The molecule has 3 aromatic carbocycles. The zero-order valence-corrected chi connectivity index (χ0v) is 17.6. The molecule has 0 saturated carbocycles. The highest BCUT2D eigenvalue weighted by atomic mass is 35.5. The van der Waals surface area contributed by atoms with Gasteiger partial charge in [-0.15, -0.1) is 0 Å². The zero-order chi connectivity index (χ0) is 21.7. The monoisotopic (exact) mass is 468 g/mol. The van der Waals surface area contributed by atoms with Crippen molar-refractivity contribution in [1.29, 1.82) is 0 Å². The molecule has 0 bridgehead atoms. The minimum Gasteiger partial charge on any atom is -0.482 e. The van der Waals surface area contributed by atoms with Gasteiger partial charge in [-0.2, -0.15) is 0 Å². The van der Waals surface area contributed by atoms with Crippen molar-refractivity contribution < 1.29 is 22.3 Å². The van der Waals surface area contributed by atoms with Gasteiger partial charge in [0, 0.05) is 16.4 Å². The van der Waals surface area contributed by atoms with Gasteiger partial charge in [0.2, 0.25) is 0 Å². The molecule has 0 aliphatic carbocycles. The van der Waals surface area contributed by atoms with Gasteiger partial charge in [0.1, 0.15) is 11.6 Å². The van der Waals surface area contributed by atoms with E-state index in [9.17, 15) is 17.6 Å². The second-order valence-corrected chi connectivity index (χ2v) is 8.58. The van der Waals surface area contributed by atoms with Crippen LogP contribution >= 0.6 is 23.2 Å². The highest BCUT2D eigenvalue weighted by Crippen LogP contribution is 2.28. The third kappa shape index (κ3) is 5.85. The molecule has 0 aliphatic heterocycles. The third-order valence-electron chi connectivity index (χ3n) is 3.78. The summed E-state index contributed by atoms with van der Waals surface area (Å²) in [4.78, 5) is 11.9. The fourth-order valence-electron chi connectivity index (χ4n) is 2.40. The van der Waals surface area contributed by atoms with Crippen LogP contribution in [0.4, 0.5) is 15.8 Å². The van der Waals surface area contributed by atoms with Crippen LogP contribution in [0.5, 0.6) is 5.75 Å². The largest absolute Gasteiger partial charge is 0.482 e. The topological polar surface area (TPSA) is 84.5 Å². The molecule has 2 N–H and O–H groups in total. The summed E-state index contributed by atoms with van der Waals surface area (Å²) >= 11 is 11.9. The lowest BCUT2D eigenvalue weighted by Crippen LogP contribution is -2.20. The van der Waals surface area contributed by atoms with Crippen LogP contribution < -0.4 is 14.8 Å². The Labute approximate surface area is 182 Å². The number of carbonyl (C=O) groups excluding carboxylic acids is 1. The van der Waals surface area contributed by atoms with E-state index in [1.165, 1.54) is 48.5 Å². The van der Waals surface area contributed by atoms with Crippen LogP contribution in [0.1, 0.15) is 0 Å². The molecule has 0 fully saturated rings. The van der Waals surface area contributed by atoms with Gasteiger partial charge in [0.25, 0.3) is 15.9 Å². The number of ether oxygens (including phenoxy) is 1.